The molecule has 4 atom stereocenters. The van der Waals surface area contributed by atoms with Crippen LogP contribution in [0.3, 0.4) is 0 Å². The molecule has 0 spiro atoms. The lowest BCUT2D eigenvalue weighted by Gasteiger charge is -2.50. The molecular formula is C23H28N4O5S2. The first kappa shape index (κ1) is 22.4. The van der Waals surface area contributed by atoms with Crippen LogP contribution >= 0.6 is 23.1 Å². The number of thiophene rings is 1. The summed E-state index contributed by atoms with van der Waals surface area (Å²) in [5.41, 5.74) is 0.705. The molecule has 0 radical (unpaired) electrons. The molecule has 1 aliphatic carbocycles. The van der Waals surface area contributed by atoms with Crippen molar-refractivity contribution in [1.82, 2.24) is 20.0 Å². The van der Waals surface area contributed by atoms with Gasteiger partial charge in [0.25, 0.3) is 5.91 Å². The van der Waals surface area contributed by atoms with E-state index in [1.165, 1.54) is 16.2 Å². The molecule has 9 nitrogen and oxygen atoms in total. The molecule has 34 heavy (non-hydrogen) atoms. The van der Waals surface area contributed by atoms with E-state index in [2.05, 4.69) is 15.1 Å². The molecular weight excluding hydrogens is 476 g/mol. The number of aliphatic carboxylic acids is 1. The predicted octanol–water partition coefficient (Wildman–Crippen LogP) is 1.27. The Balaban J connectivity index is 1.24. The zero-order valence-corrected chi connectivity index (χ0v) is 20.4. The Labute approximate surface area is 206 Å². The number of likely N-dealkylation sites (tertiary alicyclic amines) is 1. The van der Waals surface area contributed by atoms with Gasteiger partial charge in [0.2, 0.25) is 5.91 Å². The van der Waals surface area contributed by atoms with Crippen molar-refractivity contribution in [2.75, 3.05) is 32.1 Å². The number of carbonyl (C=O) groups is 3. The minimum atomic E-state index is -1.07. The van der Waals surface area contributed by atoms with Gasteiger partial charge in [-0.3, -0.25) is 19.4 Å². The topological polar surface area (TPSA) is 102 Å². The zero-order chi connectivity index (χ0) is 23.4. The quantitative estimate of drug-likeness (QED) is 0.441. The summed E-state index contributed by atoms with van der Waals surface area (Å²) in [6, 6.07) is 3.39. The smallest absolute Gasteiger partial charge is 0.354 e. The van der Waals surface area contributed by atoms with Gasteiger partial charge in [-0.1, -0.05) is 12.5 Å². The minimum Gasteiger partial charge on any atom is -0.477 e. The van der Waals surface area contributed by atoms with Crippen molar-refractivity contribution in [3.8, 4) is 0 Å². The third-order valence-corrected chi connectivity index (χ3v) is 9.84. The fraction of sp³-hybridized carbons (Fsp3) is 0.609. The van der Waals surface area contributed by atoms with Gasteiger partial charge in [-0.15, -0.1) is 23.1 Å². The Morgan fingerprint density at radius 1 is 1.26 bits per heavy atom. The second-order valence-corrected chi connectivity index (χ2v) is 11.6. The fourth-order valence-corrected chi connectivity index (χ4v) is 8.27. The van der Waals surface area contributed by atoms with Gasteiger partial charge in [-0.05, 0) is 30.7 Å². The van der Waals surface area contributed by atoms with E-state index in [1.54, 1.807) is 11.8 Å². The maximum absolute atomic E-state index is 13.1. The maximum Gasteiger partial charge on any atom is 0.354 e. The lowest BCUT2D eigenvalue weighted by atomic mass is 9.94. The van der Waals surface area contributed by atoms with Crippen LogP contribution in [0.1, 0.15) is 30.6 Å². The molecule has 5 heterocycles. The van der Waals surface area contributed by atoms with Crippen LogP contribution in [0.5, 0.6) is 0 Å². The largest absolute Gasteiger partial charge is 0.477 e. The Morgan fingerprint density at radius 2 is 2.09 bits per heavy atom. The molecule has 2 amide bonds. The van der Waals surface area contributed by atoms with E-state index in [-0.39, 0.29) is 35.0 Å². The molecule has 4 aliphatic heterocycles. The Bertz CT molecular complexity index is 1040. The summed E-state index contributed by atoms with van der Waals surface area (Å²) in [7, 11) is 0. The first-order valence-electron chi connectivity index (χ1n) is 11.9. The van der Waals surface area contributed by atoms with Gasteiger partial charge < -0.3 is 20.1 Å². The third-order valence-electron chi connectivity index (χ3n) is 7.70. The number of β-lactam (4-membered cyclic amide) rings is 1. The predicted molar refractivity (Wildman–Crippen MR) is 127 cm³/mol. The van der Waals surface area contributed by atoms with E-state index in [1.807, 2.05) is 17.5 Å². The van der Waals surface area contributed by atoms with Crippen LogP contribution in [0.25, 0.3) is 0 Å². The molecule has 5 aliphatic rings. The van der Waals surface area contributed by atoms with Gasteiger partial charge >= 0.3 is 5.97 Å². The number of rotatable bonds is 6. The number of nitrogens with one attached hydrogen (secondary N) is 1. The molecule has 0 aromatic carbocycles. The average Bonchev–Trinajstić information content (AvgIpc) is 3.27. The van der Waals surface area contributed by atoms with Crippen LogP contribution in [0.4, 0.5) is 0 Å². The second-order valence-electron chi connectivity index (χ2n) is 9.42. The van der Waals surface area contributed by atoms with Gasteiger partial charge in [0, 0.05) is 23.7 Å². The van der Waals surface area contributed by atoms with Crippen molar-refractivity contribution in [2.24, 2.45) is 0 Å². The van der Waals surface area contributed by atoms with Crippen LogP contribution in [0.2, 0.25) is 0 Å². The van der Waals surface area contributed by atoms with Gasteiger partial charge in [-0.2, -0.15) is 0 Å². The minimum absolute atomic E-state index is 0.0968. The molecule has 11 heteroatoms. The summed E-state index contributed by atoms with van der Waals surface area (Å²) in [4.78, 5) is 45.1. The number of carboxylic acid groups (broad SMARTS) is 1. The molecule has 182 valence electrons. The molecule has 1 saturated carbocycles. The van der Waals surface area contributed by atoms with E-state index in [9.17, 15) is 19.5 Å². The number of nitrogens with zero attached hydrogens (tertiary/aromatic N) is 3. The summed E-state index contributed by atoms with van der Waals surface area (Å²) < 4.78 is 5.57. The normalized spacial score (nSPS) is 33.2. The van der Waals surface area contributed by atoms with Gasteiger partial charge in [0.1, 0.15) is 17.1 Å². The number of amides is 2. The molecule has 4 fully saturated rings. The van der Waals surface area contributed by atoms with E-state index >= 15 is 0 Å². The molecule has 6 rings (SSSR count). The molecule has 1 aromatic rings. The highest BCUT2D eigenvalue weighted by Crippen LogP contribution is 2.58. The number of thioether (sulfide) groups is 1. The zero-order valence-electron chi connectivity index (χ0n) is 18.8. The Morgan fingerprint density at radius 3 is 2.82 bits per heavy atom. The first-order chi connectivity index (χ1) is 16.5. The van der Waals surface area contributed by atoms with E-state index < -0.39 is 12.0 Å². The Kier molecular flexibility index (Phi) is 5.63. The number of carbonyl (C=O) groups excluding carboxylic acids is 2. The molecule has 3 saturated heterocycles. The van der Waals surface area contributed by atoms with Gasteiger partial charge in [0.05, 0.1) is 31.4 Å². The summed E-state index contributed by atoms with van der Waals surface area (Å²) in [6.07, 6.45) is 4.54. The van der Waals surface area contributed by atoms with Crippen LogP contribution in [0, 0.1) is 0 Å². The van der Waals surface area contributed by atoms with E-state index in [4.69, 9.17) is 4.74 Å². The standard InChI is InChI=1S/C23H28N4O5S2/c28-17(12-14-4-3-11-33-14)24-18-20(29)26-19(22(30)31)15(13-34-21(18)26)27-16-5-1-2-6-23(16,27)25-7-9-32-10-8-25/h3-4,11,16,18,21H,1-2,5-10,12-13H2,(H,24,28)(H,30,31)/t16?,18-,21+,23?,27?/m1/s1. The third kappa shape index (κ3) is 3.39. The van der Waals surface area contributed by atoms with Crippen LogP contribution in [0.15, 0.2) is 28.9 Å². The van der Waals surface area contributed by atoms with Crippen molar-refractivity contribution >= 4 is 40.9 Å². The number of fused-ring (bicyclic) bond motifs is 2. The van der Waals surface area contributed by atoms with Gasteiger partial charge in [-0.25, -0.2) is 4.79 Å². The lowest BCUT2D eigenvalue weighted by molar-refractivity contribution is -0.150. The van der Waals surface area contributed by atoms with Crippen molar-refractivity contribution in [3.63, 3.8) is 0 Å². The average molecular weight is 505 g/mol. The number of carboxylic acids is 1. The highest BCUT2D eigenvalue weighted by Gasteiger charge is 2.68. The van der Waals surface area contributed by atoms with Gasteiger partial charge in [0.15, 0.2) is 5.70 Å². The number of hydrogen-bond acceptors (Lipinski definition) is 8. The van der Waals surface area contributed by atoms with E-state index in [0.717, 1.165) is 49.3 Å². The molecule has 1 aromatic heterocycles. The molecule has 2 unspecified atom stereocenters. The molecule has 0 bridgehead atoms. The van der Waals surface area contributed by atoms with E-state index in [0.29, 0.717) is 25.0 Å². The monoisotopic (exact) mass is 504 g/mol. The van der Waals surface area contributed by atoms with Crippen LogP contribution in [-0.4, -0.2) is 92.8 Å². The van der Waals surface area contributed by atoms with Crippen LogP contribution < -0.4 is 5.32 Å². The van der Waals surface area contributed by atoms with Crippen molar-refractivity contribution < 1.29 is 24.2 Å². The van der Waals surface area contributed by atoms with Crippen LogP contribution in [-0.2, 0) is 25.5 Å². The lowest BCUT2D eigenvalue weighted by Crippen LogP contribution is -2.71. The number of morpholine rings is 1. The summed E-state index contributed by atoms with van der Waals surface area (Å²) >= 11 is 3.05. The summed E-state index contributed by atoms with van der Waals surface area (Å²) in [5.74, 6) is -1.10. The summed E-state index contributed by atoms with van der Waals surface area (Å²) in [5, 5.41) is 14.6. The Hall–Kier alpha value is -2.08. The first-order valence-corrected chi connectivity index (χ1v) is 13.8. The van der Waals surface area contributed by atoms with Crippen molar-refractivity contribution in [1.29, 1.82) is 0 Å². The number of ether oxygens (including phenoxy) is 1. The second kappa shape index (κ2) is 8.54. The highest BCUT2D eigenvalue weighted by atomic mass is 32.2. The molecule has 2 N–H and O–H groups in total. The summed E-state index contributed by atoms with van der Waals surface area (Å²) in [6.45, 7) is 3.09. The fourth-order valence-electron chi connectivity index (χ4n) is 6.23. The highest BCUT2D eigenvalue weighted by molar-refractivity contribution is 8.00. The van der Waals surface area contributed by atoms with Crippen molar-refractivity contribution in [3.05, 3.63) is 33.8 Å². The SMILES string of the molecule is O=C(Cc1cccs1)N[C@@H]1C(=O)N2C(C(=O)O)=C(N3C4CCCCC43N3CCOCC3)CS[C@@H]12. The number of hydrogen-bond donors (Lipinski definition) is 2. The maximum atomic E-state index is 13.1. The van der Waals surface area contributed by atoms with Crippen molar-refractivity contribution in [2.45, 2.75) is 55.2 Å².